The topological polar surface area (TPSA) is 108 Å². The quantitative estimate of drug-likeness (QED) is 0.536. The van der Waals surface area contributed by atoms with E-state index in [1.54, 1.807) is 36.5 Å². The minimum absolute atomic E-state index is 0.209. The van der Waals surface area contributed by atoms with Crippen molar-refractivity contribution >= 4 is 35.2 Å². The molecule has 1 unspecified atom stereocenters. The predicted octanol–water partition coefficient (Wildman–Crippen LogP) is 3.09. The molecule has 5 rings (SSSR count). The SMILES string of the molecule is O=C1CCC(N2Cc3cc(CNC(=O)c4cc(-c5ccc(Cl)cc5)ccn4)ccc3C2=O)C(=O)N1. The molecule has 1 atom stereocenters. The molecule has 2 N–H and O–H groups in total. The van der Waals surface area contributed by atoms with Gasteiger partial charge in [-0.15, -0.1) is 0 Å². The van der Waals surface area contributed by atoms with Gasteiger partial charge in [-0.25, -0.2) is 0 Å². The lowest BCUT2D eigenvalue weighted by Crippen LogP contribution is -2.52. The van der Waals surface area contributed by atoms with Crippen molar-refractivity contribution in [3.8, 4) is 11.1 Å². The number of fused-ring (bicyclic) bond motifs is 1. The second-order valence-corrected chi connectivity index (χ2v) is 8.95. The summed E-state index contributed by atoms with van der Waals surface area (Å²) in [7, 11) is 0. The summed E-state index contributed by atoms with van der Waals surface area (Å²) < 4.78 is 0. The van der Waals surface area contributed by atoms with E-state index >= 15 is 0 Å². The lowest BCUT2D eigenvalue weighted by Gasteiger charge is -2.29. The molecule has 0 bridgehead atoms. The zero-order valence-electron chi connectivity index (χ0n) is 18.6. The first kappa shape index (κ1) is 22.7. The van der Waals surface area contributed by atoms with E-state index in [4.69, 9.17) is 11.6 Å². The van der Waals surface area contributed by atoms with Gasteiger partial charge in [0.15, 0.2) is 0 Å². The van der Waals surface area contributed by atoms with Crippen LogP contribution in [-0.2, 0) is 22.7 Å². The number of hydrogen-bond acceptors (Lipinski definition) is 5. The number of benzene rings is 2. The van der Waals surface area contributed by atoms with E-state index in [0.717, 1.165) is 22.3 Å². The van der Waals surface area contributed by atoms with Crippen LogP contribution in [0.3, 0.4) is 0 Å². The van der Waals surface area contributed by atoms with Crippen LogP contribution >= 0.6 is 11.6 Å². The molecule has 176 valence electrons. The van der Waals surface area contributed by atoms with Crippen molar-refractivity contribution in [3.05, 3.63) is 88.2 Å². The smallest absolute Gasteiger partial charge is 0.270 e. The molecular formula is C26H21ClN4O4. The molecule has 2 aliphatic heterocycles. The highest BCUT2D eigenvalue weighted by molar-refractivity contribution is 6.30. The summed E-state index contributed by atoms with van der Waals surface area (Å²) in [6.07, 6.45) is 2.11. The molecule has 0 aliphatic carbocycles. The molecule has 9 heteroatoms. The Morgan fingerprint density at radius 2 is 1.86 bits per heavy atom. The number of nitrogens with zero attached hydrogens (tertiary/aromatic N) is 2. The molecule has 8 nitrogen and oxygen atoms in total. The fourth-order valence-electron chi connectivity index (χ4n) is 4.39. The van der Waals surface area contributed by atoms with Crippen LogP contribution in [0, 0.1) is 0 Å². The summed E-state index contributed by atoms with van der Waals surface area (Å²) in [4.78, 5) is 54.9. The van der Waals surface area contributed by atoms with Gasteiger partial charge in [-0.2, -0.15) is 0 Å². The van der Waals surface area contributed by atoms with Gasteiger partial charge >= 0.3 is 0 Å². The molecule has 1 fully saturated rings. The zero-order chi connectivity index (χ0) is 24.5. The fraction of sp³-hybridized carbons (Fsp3) is 0.192. The number of hydrogen-bond donors (Lipinski definition) is 2. The van der Waals surface area contributed by atoms with Gasteiger partial charge in [0.05, 0.1) is 0 Å². The lowest BCUT2D eigenvalue weighted by molar-refractivity contribution is -0.136. The van der Waals surface area contributed by atoms with Gasteiger partial charge in [0.25, 0.3) is 11.8 Å². The van der Waals surface area contributed by atoms with Crippen molar-refractivity contribution in [1.82, 2.24) is 20.5 Å². The third kappa shape index (κ3) is 4.65. The lowest BCUT2D eigenvalue weighted by atomic mass is 10.0. The number of carbonyl (C=O) groups is 4. The first-order chi connectivity index (χ1) is 16.9. The number of halogens is 1. The molecule has 3 aromatic rings. The Hall–Kier alpha value is -4.04. The van der Waals surface area contributed by atoms with Gasteiger partial charge in [-0.1, -0.05) is 35.9 Å². The molecule has 35 heavy (non-hydrogen) atoms. The van der Waals surface area contributed by atoms with Crippen molar-refractivity contribution in [2.24, 2.45) is 0 Å². The summed E-state index contributed by atoms with van der Waals surface area (Å²) >= 11 is 5.95. The number of imide groups is 1. The Labute approximate surface area is 206 Å². The minimum Gasteiger partial charge on any atom is -0.347 e. The maximum absolute atomic E-state index is 12.8. The molecule has 0 saturated carbocycles. The highest BCUT2D eigenvalue weighted by Gasteiger charge is 2.39. The highest BCUT2D eigenvalue weighted by atomic mass is 35.5. The van der Waals surface area contributed by atoms with E-state index in [2.05, 4.69) is 15.6 Å². The van der Waals surface area contributed by atoms with E-state index in [1.807, 2.05) is 24.3 Å². The van der Waals surface area contributed by atoms with Crippen LogP contribution < -0.4 is 10.6 Å². The van der Waals surface area contributed by atoms with Crippen molar-refractivity contribution in [1.29, 1.82) is 0 Å². The summed E-state index contributed by atoms with van der Waals surface area (Å²) in [6, 6.07) is 15.6. The monoisotopic (exact) mass is 488 g/mol. The van der Waals surface area contributed by atoms with Crippen LogP contribution in [0.5, 0.6) is 0 Å². The van der Waals surface area contributed by atoms with E-state index < -0.39 is 11.9 Å². The maximum Gasteiger partial charge on any atom is 0.270 e. The second-order valence-electron chi connectivity index (χ2n) is 8.51. The molecule has 1 aromatic heterocycles. The molecule has 0 spiro atoms. The highest BCUT2D eigenvalue weighted by Crippen LogP contribution is 2.28. The molecule has 3 heterocycles. The third-order valence-electron chi connectivity index (χ3n) is 6.21. The van der Waals surface area contributed by atoms with Crippen molar-refractivity contribution < 1.29 is 19.2 Å². The Balaban J connectivity index is 1.25. The normalized spacial score (nSPS) is 17.2. The largest absolute Gasteiger partial charge is 0.347 e. The number of nitrogens with one attached hydrogen (secondary N) is 2. The first-order valence-electron chi connectivity index (χ1n) is 11.2. The fourth-order valence-corrected chi connectivity index (χ4v) is 4.51. The van der Waals surface area contributed by atoms with Gasteiger partial charge in [0, 0.05) is 36.3 Å². The van der Waals surface area contributed by atoms with Crippen LogP contribution in [0.4, 0.5) is 0 Å². The summed E-state index contributed by atoms with van der Waals surface area (Å²) in [6.45, 7) is 0.540. The van der Waals surface area contributed by atoms with Crippen molar-refractivity contribution in [3.63, 3.8) is 0 Å². The third-order valence-corrected chi connectivity index (χ3v) is 6.46. The summed E-state index contributed by atoms with van der Waals surface area (Å²) in [5, 5.41) is 5.80. The number of rotatable bonds is 5. The van der Waals surface area contributed by atoms with Crippen molar-refractivity contribution in [2.75, 3.05) is 0 Å². The van der Waals surface area contributed by atoms with Gasteiger partial charge in [-0.05, 0) is 59.0 Å². The zero-order valence-corrected chi connectivity index (χ0v) is 19.3. The van der Waals surface area contributed by atoms with E-state index in [0.29, 0.717) is 17.0 Å². The Morgan fingerprint density at radius 3 is 2.63 bits per heavy atom. The second kappa shape index (κ2) is 9.31. The molecule has 1 saturated heterocycles. The number of pyridine rings is 1. The number of piperidine rings is 1. The number of aromatic nitrogens is 1. The van der Waals surface area contributed by atoms with Gasteiger partial charge in [-0.3, -0.25) is 29.5 Å². The Morgan fingerprint density at radius 1 is 1.06 bits per heavy atom. The minimum atomic E-state index is -0.658. The van der Waals surface area contributed by atoms with Gasteiger partial charge in [0.2, 0.25) is 11.8 Å². The van der Waals surface area contributed by atoms with Crippen LogP contribution in [0.15, 0.2) is 60.8 Å². The van der Waals surface area contributed by atoms with Crippen molar-refractivity contribution in [2.45, 2.75) is 32.0 Å². The molecule has 2 aliphatic rings. The molecule has 2 aromatic carbocycles. The van der Waals surface area contributed by atoms with Crippen LogP contribution in [0.1, 0.15) is 44.8 Å². The van der Waals surface area contributed by atoms with Gasteiger partial charge in [0.1, 0.15) is 11.7 Å². The first-order valence-corrected chi connectivity index (χ1v) is 11.5. The number of carbonyl (C=O) groups excluding carboxylic acids is 4. The van der Waals surface area contributed by atoms with Crippen LogP contribution in [-0.4, -0.2) is 39.6 Å². The standard InChI is InChI=1S/C26H21ClN4O4/c27-19-4-2-16(3-5-19)17-9-10-28-21(12-17)24(33)29-13-15-1-6-20-18(11-15)14-31(26(20)35)22-7-8-23(32)30-25(22)34/h1-6,9-12,22H,7-8,13-14H2,(H,29,33)(H,30,32,34). The summed E-state index contributed by atoms with van der Waals surface area (Å²) in [5.41, 5.74) is 4.21. The van der Waals surface area contributed by atoms with E-state index in [1.165, 1.54) is 4.90 Å². The predicted molar refractivity (Wildman–Crippen MR) is 128 cm³/mol. The van der Waals surface area contributed by atoms with E-state index in [-0.39, 0.29) is 42.9 Å². The van der Waals surface area contributed by atoms with Crippen LogP contribution in [0.2, 0.25) is 5.02 Å². The van der Waals surface area contributed by atoms with Gasteiger partial charge < -0.3 is 10.2 Å². The summed E-state index contributed by atoms with van der Waals surface area (Å²) in [5.74, 6) is -1.30. The molecular weight excluding hydrogens is 468 g/mol. The maximum atomic E-state index is 12.8. The Bertz CT molecular complexity index is 1360. The average Bonchev–Trinajstić information content (AvgIpc) is 3.18. The molecule has 0 radical (unpaired) electrons. The van der Waals surface area contributed by atoms with E-state index in [9.17, 15) is 19.2 Å². The molecule has 4 amide bonds. The average molecular weight is 489 g/mol. The number of amides is 4. The Kier molecular flexibility index (Phi) is 6.05. The van der Waals surface area contributed by atoms with Crippen LogP contribution in [0.25, 0.3) is 11.1 Å².